The lowest BCUT2D eigenvalue weighted by Crippen LogP contribution is -2.25. The second-order valence-corrected chi connectivity index (χ2v) is 21.6. The van der Waals surface area contributed by atoms with Crippen molar-refractivity contribution >= 4 is 78.7 Å². The van der Waals surface area contributed by atoms with Crippen LogP contribution in [-0.2, 0) is 0 Å². The quantitative estimate of drug-likeness (QED) is 0.135. The predicted molar refractivity (Wildman–Crippen MR) is 356 cm³/mol. The zero-order valence-electron chi connectivity index (χ0n) is 48.1. The number of pyridine rings is 2. The first-order valence-electron chi connectivity index (χ1n) is 29.3. The van der Waals surface area contributed by atoms with Crippen molar-refractivity contribution in [3.8, 4) is 56.3 Å². The van der Waals surface area contributed by atoms with Crippen LogP contribution in [0.1, 0.15) is 25.0 Å². The number of anilines is 10. The molecular weight excluding hydrogens is 1040 g/mol. The summed E-state index contributed by atoms with van der Waals surface area (Å²) in [4.78, 5) is 19.8. The first kappa shape index (κ1) is 52.3. The topological polar surface area (TPSA) is 48.0 Å². The van der Waals surface area contributed by atoms with Gasteiger partial charge in [-0.3, -0.25) is 0 Å². The Bertz CT molecular complexity index is 4480. The standard InChI is InChI=1S/C41H31N3.C37H31N3O/c1-28-13-11-21-38-40(28)44(41-29(2)14-12-22-39(41)43(38)32-17-7-4-8-18-32)33-25-23-31(24-26-33)37-27-35(30-15-5-3-6-16-30)34-19-9-10-20-36(34)42-37;1-3-39(4-2)28-22-27(33-25-31(26-14-6-5-7-15-26)30-16-8-9-17-32(30)38-33)23-29(24-28)40-34-18-10-12-20-36(34)41-37-21-13-11-19-35(37)40/h3-27H,1-2H3;5-25H,3-4H2,1-2H3. The zero-order valence-corrected chi connectivity index (χ0v) is 48.1. The molecule has 0 fully saturated rings. The van der Waals surface area contributed by atoms with Crippen molar-refractivity contribution in [3.05, 3.63) is 290 Å². The third kappa shape index (κ3) is 9.75. The first-order chi connectivity index (χ1) is 41.9. The number of aryl methyl sites for hydroxylation is 2. The SMILES string of the molecule is CCN(CC)c1cc(-c2cc(-c3ccccc3)c3ccccc3n2)cc(N2c3ccccc3Oc3ccccc32)c1.Cc1cccc2c1N(c1ccc(-c3cc(-c4ccccc4)c4ccccc4n3)cc1)c1c(C)cccc1N2c1ccccc1. The number of hydrogen-bond donors (Lipinski definition) is 0. The smallest absolute Gasteiger partial charge is 0.151 e. The minimum absolute atomic E-state index is 0.844. The van der Waals surface area contributed by atoms with Crippen LogP contribution in [-0.4, -0.2) is 23.1 Å². The highest BCUT2D eigenvalue weighted by atomic mass is 16.5. The van der Waals surface area contributed by atoms with Gasteiger partial charge < -0.3 is 24.3 Å². The Morgan fingerprint density at radius 3 is 1.31 bits per heavy atom. The lowest BCUT2D eigenvalue weighted by atomic mass is 9.97. The van der Waals surface area contributed by atoms with E-state index >= 15 is 0 Å². The highest BCUT2D eigenvalue weighted by Gasteiger charge is 2.33. The summed E-state index contributed by atoms with van der Waals surface area (Å²) >= 11 is 0. The average Bonchev–Trinajstić information content (AvgIpc) is 1.21. The monoisotopic (exact) mass is 1100 g/mol. The molecule has 4 heterocycles. The van der Waals surface area contributed by atoms with Crippen molar-refractivity contribution in [2.24, 2.45) is 0 Å². The molecule has 0 saturated carbocycles. The summed E-state index contributed by atoms with van der Waals surface area (Å²) < 4.78 is 6.31. The lowest BCUT2D eigenvalue weighted by Gasteiger charge is -2.42. The van der Waals surface area contributed by atoms with Crippen LogP contribution in [0.15, 0.2) is 279 Å². The van der Waals surface area contributed by atoms with E-state index in [4.69, 9.17) is 14.7 Å². The van der Waals surface area contributed by atoms with E-state index in [1.165, 1.54) is 61.8 Å². The Morgan fingerprint density at radius 1 is 0.341 bits per heavy atom. The van der Waals surface area contributed by atoms with Crippen LogP contribution in [0, 0.1) is 13.8 Å². The Hall–Kier alpha value is -10.8. The number of ether oxygens (including phenoxy) is 1. The molecule has 7 heteroatoms. The van der Waals surface area contributed by atoms with Crippen LogP contribution in [0.25, 0.3) is 66.6 Å². The van der Waals surface area contributed by atoms with Gasteiger partial charge in [0.05, 0.1) is 56.5 Å². The zero-order chi connectivity index (χ0) is 57.4. The molecule has 0 spiro atoms. The Kier molecular flexibility index (Phi) is 13.9. The summed E-state index contributed by atoms with van der Waals surface area (Å²) in [5.41, 5.74) is 24.6. The normalized spacial score (nSPS) is 12.1. The van der Waals surface area contributed by atoms with E-state index in [0.717, 1.165) is 97.3 Å². The fraction of sp³-hybridized carbons (Fsp3) is 0.0769. The Morgan fingerprint density at radius 2 is 0.776 bits per heavy atom. The van der Waals surface area contributed by atoms with Crippen molar-refractivity contribution in [2.45, 2.75) is 27.7 Å². The second-order valence-electron chi connectivity index (χ2n) is 21.6. The number of para-hydroxylation sites is 9. The summed E-state index contributed by atoms with van der Waals surface area (Å²) in [6.07, 6.45) is 0. The number of fused-ring (bicyclic) bond motifs is 6. The van der Waals surface area contributed by atoms with E-state index in [1.807, 2.05) is 24.3 Å². The first-order valence-corrected chi connectivity index (χ1v) is 29.3. The molecule has 0 radical (unpaired) electrons. The molecule has 15 rings (SSSR count). The van der Waals surface area contributed by atoms with Crippen molar-refractivity contribution in [2.75, 3.05) is 32.7 Å². The average molecular weight is 1100 g/mol. The van der Waals surface area contributed by atoms with Crippen molar-refractivity contribution < 1.29 is 4.74 Å². The van der Waals surface area contributed by atoms with Crippen molar-refractivity contribution in [1.29, 1.82) is 0 Å². The van der Waals surface area contributed by atoms with Crippen LogP contribution in [0.4, 0.5) is 56.9 Å². The molecule has 13 aromatic rings. The van der Waals surface area contributed by atoms with Gasteiger partial charge in [0.15, 0.2) is 11.5 Å². The van der Waals surface area contributed by atoms with Gasteiger partial charge in [-0.25, -0.2) is 9.97 Å². The summed E-state index contributed by atoms with van der Waals surface area (Å²) in [6.45, 7) is 10.6. The highest BCUT2D eigenvalue weighted by molar-refractivity contribution is 6.04. The fourth-order valence-corrected chi connectivity index (χ4v) is 12.4. The molecule has 410 valence electrons. The third-order valence-electron chi connectivity index (χ3n) is 16.4. The molecule has 0 unspecified atom stereocenters. The van der Waals surface area contributed by atoms with E-state index < -0.39 is 0 Å². The van der Waals surface area contributed by atoms with E-state index in [1.54, 1.807) is 0 Å². The lowest BCUT2D eigenvalue weighted by molar-refractivity contribution is 0.477. The summed E-state index contributed by atoms with van der Waals surface area (Å²) in [6, 6.07) is 98.5. The highest BCUT2D eigenvalue weighted by Crippen LogP contribution is 2.57. The molecule has 2 aliphatic heterocycles. The largest absolute Gasteiger partial charge is 0.453 e. The van der Waals surface area contributed by atoms with Crippen LogP contribution in [0.5, 0.6) is 11.5 Å². The number of nitrogens with zero attached hydrogens (tertiary/aromatic N) is 6. The number of benzene rings is 11. The van der Waals surface area contributed by atoms with Gasteiger partial charge in [0, 0.05) is 57.7 Å². The molecule has 85 heavy (non-hydrogen) atoms. The molecule has 0 N–H and O–H groups in total. The van der Waals surface area contributed by atoms with E-state index in [-0.39, 0.29) is 0 Å². The van der Waals surface area contributed by atoms with Gasteiger partial charge in [-0.05, 0) is 164 Å². The molecule has 2 aromatic heterocycles. The van der Waals surface area contributed by atoms with Gasteiger partial charge in [0.2, 0.25) is 0 Å². The maximum absolute atomic E-state index is 6.31. The maximum Gasteiger partial charge on any atom is 0.151 e. The maximum atomic E-state index is 6.31. The number of rotatable bonds is 10. The third-order valence-corrected chi connectivity index (χ3v) is 16.4. The van der Waals surface area contributed by atoms with Gasteiger partial charge in [0.25, 0.3) is 0 Å². The minimum atomic E-state index is 0.844. The van der Waals surface area contributed by atoms with Crippen LogP contribution < -0.4 is 24.3 Å². The molecular formula is C78H62N6O. The van der Waals surface area contributed by atoms with Gasteiger partial charge in [-0.15, -0.1) is 0 Å². The van der Waals surface area contributed by atoms with Gasteiger partial charge in [-0.2, -0.15) is 0 Å². The van der Waals surface area contributed by atoms with Crippen LogP contribution >= 0.6 is 0 Å². The molecule has 7 nitrogen and oxygen atoms in total. The molecule has 2 aliphatic rings. The minimum Gasteiger partial charge on any atom is -0.453 e. The molecule has 0 bridgehead atoms. The number of aromatic nitrogens is 2. The summed E-state index contributed by atoms with van der Waals surface area (Å²) in [5, 5.41) is 2.31. The second kappa shape index (κ2) is 22.5. The molecule has 0 saturated heterocycles. The van der Waals surface area contributed by atoms with Gasteiger partial charge >= 0.3 is 0 Å². The van der Waals surface area contributed by atoms with Gasteiger partial charge in [0.1, 0.15) is 0 Å². The van der Waals surface area contributed by atoms with Crippen molar-refractivity contribution in [3.63, 3.8) is 0 Å². The Balaban J connectivity index is 0.000000151. The summed E-state index contributed by atoms with van der Waals surface area (Å²) in [7, 11) is 0. The molecule has 0 atom stereocenters. The van der Waals surface area contributed by atoms with E-state index in [9.17, 15) is 0 Å². The fourth-order valence-electron chi connectivity index (χ4n) is 12.4. The van der Waals surface area contributed by atoms with Gasteiger partial charge in [-0.1, -0.05) is 176 Å². The molecule has 0 aliphatic carbocycles. The summed E-state index contributed by atoms with van der Waals surface area (Å²) in [5.74, 6) is 1.69. The molecule has 0 amide bonds. The predicted octanol–water partition coefficient (Wildman–Crippen LogP) is 21.4. The molecule has 11 aromatic carbocycles. The van der Waals surface area contributed by atoms with Crippen molar-refractivity contribution in [1.82, 2.24) is 9.97 Å². The van der Waals surface area contributed by atoms with E-state index in [2.05, 4.69) is 302 Å². The van der Waals surface area contributed by atoms with Crippen LogP contribution in [0.3, 0.4) is 0 Å². The Labute approximate surface area is 497 Å². The van der Waals surface area contributed by atoms with E-state index in [0.29, 0.717) is 0 Å². The number of hydrogen-bond acceptors (Lipinski definition) is 7. The van der Waals surface area contributed by atoms with Crippen LogP contribution in [0.2, 0.25) is 0 Å².